The highest BCUT2D eigenvalue weighted by Crippen LogP contribution is 2.35. The Labute approximate surface area is 120 Å². The van der Waals surface area contributed by atoms with E-state index in [1.807, 2.05) is 0 Å². The van der Waals surface area contributed by atoms with Gasteiger partial charge in [0.1, 0.15) is 11.9 Å². The summed E-state index contributed by atoms with van der Waals surface area (Å²) in [6.07, 6.45) is 3.41. The third kappa shape index (κ3) is 3.75. The van der Waals surface area contributed by atoms with Gasteiger partial charge < -0.3 is 10.1 Å². The first-order valence-electron chi connectivity index (χ1n) is 5.69. The smallest absolute Gasteiger partial charge is 0.139 e. The van der Waals surface area contributed by atoms with Crippen LogP contribution in [0.2, 0.25) is 10.0 Å². The molecule has 94 valence electrons. The van der Waals surface area contributed by atoms with E-state index in [0.717, 1.165) is 36.8 Å². The van der Waals surface area contributed by atoms with E-state index in [1.54, 1.807) is 12.1 Å². The highest BCUT2D eigenvalue weighted by atomic mass is 79.9. The van der Waals surface area contributed by atoms with E-state index in [9.17, 15) is 0 Å². The summed E-state index contributed by atoms with van der Waals surface area (Å²) < 4.78 is 6.72. The molecule has 17 heavy (non-hydrogen) atoms. The van der Waals surface area contributed by atoms with E-state index in [1.165, 1.54) is 0 Å². The van der Waals surface area contributed by atoms with Crippen molar-refractivity contribution in [1.82, 2.24) is 5.32 Å². The molecule has 1 unspecified atom stereocenters. The molecule has 0 radical (unpaired) electrons. The van der Waals surface area contributed by atoms with Crippen molar-refractivity contribution in [2.75, 3.05) is 13.1 Å². The van der Waals surface area contributed by atoms with Crippen LogP contribution in [0.15, 0.2) is 16.6 Å². The lowest BCUT2D eigenvalue weighted by atomic mass is 10.1. The number of benzene rings is 1. The molecule has 1 aliphatic rings. The predicted octanol–water partition coefficient (Wildman–Crippen LogP) is 4.28. The zero-order valence-electron chi connectivity index (χ0n) is 9.31. The lowest BCUT2D eigenvalue weighted by Gasteiger charge is -2.18. The molecule has 0 amide bonds. The molecule has 1 aliphatic heterocycles. The second-order valence-electron chi connectivity index (χ2n) is 4.12. The molecule has 1 atom stereocenters. The van der Waals surface area contributed by atoms with Crippen LogP contribution in [0, 0.1) is 0 Å². The minimum atomic E-state index is 0.222. The van der Waals surface area contributed by atoms with Crippen molar-refractivity contribution >= 4 is 39.1 Å². The zero-order valence-corrected chi connectivity index (χ0v) is 12.4. The van der Waals surface area contributed by atoms with Gasteiger partial charge in [0.15, 0.2) is 0 Å². The van der Waals surface area contributed by atoms with Gasteiger partial charge in [-0.3, -0.25) is 0 Å². The number of rotatable bonds is 2. The van der Waals surface area contributed by atoms with Crippen LogP contribution in [0.1, 0.15) is 19.3 Å². The molecule has 1 aromatic rings. The van der Waals surface area contributed by atoms with Gasteiger partial charge in [-0.05, 0) is 54.3 Å². The fourth-order valence-electron chi connectivity index (χ4n) is 1.88. The summed E-state index contributed by atoms with van der Waals surface area (Å²) in [5.41, 5.74) is 0. The monoisotopic (exact) mass is 337 g/mol. The van der Waals surface area contributed by atoms with Crippen LogP contribution in [0.4, 0.5) is 0 Å². The maximum Gasteiger partial charge on any atom is 0.139 e. The molecule has 5 heteroatoms. The van der Waals surface area contributed by atoms with Gasteiger partial charge in [-0.2, -0.15) is 0 Å². The molecular formula is C12H14BrCl2NO. The van der Waals surface area contributed by atoms with Crippen LogP contribution in [-0.2, 0) is 0 Å². The molecule has 1 aromatic carbocycles. The molecule has 0 aliphatic carbocycles. The Morgan fingerprint density at radius 2 is 2.00 bits per heavy atom. The molecule has 2 rings (SSSR count). The molecular weight excluding hydrogens is 325 g/mol. The van der Waals surface area contributed by atoms with Crippen molar-refractivity contribution in [3.8, 4) is 5.75 Å². The Balaban J connectivity index is 2.09. The number of hydrogen-bond acceptors (Lipinski definition) is 2. The fraction of sp³-hybridized carbons (Fsp3) is 0.500. The summed E-state index contributed by atoms with van der Waals surface area (Å²) in [5, 5.41) is 4.57. The number of hydrogen-bond donors (Lipinski definition) is 1. The molecule has 0 saturated carbocycles. The van der Waals surface area contributed by atoms with E-state index in [2.05, 4.69) is 21.2 Å². The Morgan fingerprint density at radius 3 is 2.82 bits per heavy atom. The van der Waals surface area contributed by atoms with Gasteiger partial charge in [0, 0.05) is 10.5 Å². The molecule has 1 saturated heterocycles. The lowest BCUT2D eigenvalue weighted by molar-refractivity contribution is 0.187. The first-order valence-corrected chi connectivity index (χ1v) is 7.23. The molecule has 0 spiro atoms. The molecule has 1 fully saturated rings. The molecule has 2 nitrogen and oxygen atoms in total. The number of nitrogens with one attached hydrogen (secondary N) is 1. The van der Waals surface area contributed by atoms with Crippen LogP contribution in [0.25, 0.3) is 0 Å². The standard InChI is InChI=1S/C12H14BrCl2NO/c13-9-6-11(15)12(7-10(9)14)17-8-2-1-4-16-5-3-8/h6-8,16H,1-5H2. The van der Waals surface area contributed by atoms with E-state index < -0.39 is 0 Å². The van der Waals surface area contributed by atoms with Gasteiger partial charge in [0.05, 0.1) is 10.0 Å². The normalized spacial score (nSPS) is 21.0. The van der Waals surface area contributed by atoms with Crippen LogP contribution in [0.5, 0.6) is 5.75 Å². The van der Waals surface area contributed by atoms with Crippen molar-refractivity contribution in [2.45, 2.75) is 25.4 Å². The van der Waals surface area contributed by atoms with Crippen molar-refractivity contribution in [1.29, 1.82) is 0 Å². The summed E-state index contributed by atoms with van der Waals surface area (Å²) in [5.74, 6) is 0.673. The molecule has 0 bridgehead atoms. The Morgan fingerprint density at radius 1 is 1.18 bits per heavy atom. The maximum atomic E-state index is 6.13. The largest absolute Gasteiger partial charge is 0.489 e. The van der Waals surface area contributed by atoms with Crippen molar-refractivity contribution in [2.24, 2.45) is 0 Å². The van der Waals surface area contributed by atoms with E-state index in [-0.39, 0.29) is 6.10 Å². The average Bonchev–Trinajstić information content (AvgIpc) is 2.54. The molecule has 0 aromatic heterocycles. The first-order chi connectivity index (χ1) is 8.16. The summed E-state index contributed by atoms with van der Waals surface area (Å²) in [4.78, 5) is 0. The fourth-order valence-corrected chi connectivity index (χ4v) is 2.72. The van der Waals surface area contributed by atoms with Gasteiger partial charge in [-0.25, -0.2) is 0 Å². The summed E-state index contributed by atoms with van der Waals surface area (Å²) in [6.45, 7) is 2.06. The number of ether oxygens (including phenoxy) is 1. The highest BCUT2D eigenvalue weighted by molar-refractivity contribution is 9.10. The SMILES string of the molecule is Clc1cc(OC2CCCNCC2)c(Cl)cc1Br. The van der Waals surface area contributed by atoms with Crippen molar-refractivity contribution < 1.29 is 4.74 Å². The predicted molar refractivity (Wildman–Crippen MR) is 75.3 cm³/mol. The summed E-state index contributed by atoms with van der Waals surface area (Å²) >= 11 is 15.5. The number of halogens is 3. The van der Waals surface area contributed by atoms with E-state index in [0.29, 0.717) is 15.8 Å². The van der Waals surface area contributed by atoms with Gasteiger partial charge in [-0.1, -0.05) is 23.2 Å². The van der Waals surface area contributed by atoms with Gasteiger partial charge in [-0.15, -0.1) is 0 Å². The third-order valence-electron chi connectivity index (χ3n) is 2.79. The Bertz CT molecular complexity index is 392. The Kier molecular flexibility index (Phi) is 4.97. The Hall–Kier alpha value is 0.0400. The zero-order chi connectivity index (χ0) is 12.3. The third-order valence-corrected chi connectivity index (χ3v) is 4.28. The highest BCUT2D eigenvalue weighted by Gasteiger charge is 2.15. The minimum absolute atomic E-state index is 0.222. The van der Waals surface area contributed by atoms with Gasteiger partial charge in [0.2, 0.25) is 0 Å². The first kappa shape index (κ1) is 13.5. The summed E-state index contributed by atoms with van der Waals surface area (Å²) in [6, 6.07) is 3.54. The van der Waals surface area contributed by atoms with Crippen LogP contribution in [0.3, 0.4) is 0 Å². The van der Waals surface area contributed by atoms with Crippen molar-refractivity contribution in [3.63, 3.8) is 0 Å². The average molecular weight is 339 g/mol. The molecule has 1 heterocycles. The maximum absolute atomic E-state index is 6.13. The van der Waals surface area contributed by atoms with Crippen molar-refractivity contribution in [3.05, 3.63) is 26.7 Å². The van der Waals surface area contributed by atoms with Gasteiger partial charge >= 0.3 is 0 Å². The van der Waals surface area contributed by atoms with Gasteiger partial charge in [0.25, 0.3) is 0 Å². The summed E-state index contributed by atoms with van der Waals surface area (Å²) in [7, 11) is 0. The second-order valence-corrected chi connectivity index (χ2v) is 5.79. The van der Waals surface area contributed by atoms with Crippen LogP contribution < -0.4 is 10.1 Å². The minimum Gasteiger partial charge on any atom is -0.489 e. The van der Waals surface area contributed by atoms with E-state index >= 15 is 0 Å². The topological polar surface area (TPSA) is 21.3 Å². The van der Waals surface area contributed by atoms with E-state index in [4.69, 9.17) is 27.9 Å². The molecule has 1 N–H and O–H groups in total. The lowest BCUT2D eigenvalue weighted by Crippen LogP contribution is -2.19. The quantitative estimate of drug-likeness (QED) is 0.813. The van der Waals surface area contributed by atoms with Crippen LogP contribution in [-0.4, -0.2) is 19.2 Å². The second kappa shape index (κ2) is 6.28. The van der Waals surface area contributed by atoms with Crippen LogP contribution >= 0.6 is 39.1 Å².